The minimum absolute atomic E-state index is 0.0144. The van der Waals surface area contributed by atoms with E-state index < -0.39 is 0 Å². The molecule has 0 radical (unpaired) electrons. The van der Waals surface area contributed by atoms with E-state index in [2.05, 4.69) is 15.9 Å². The van der Waals surface area contributed by atoms with E-state index in [1.54, 1.807) is 18.2 Å². The van der Waals surface area contributed by atoms with Gasteiger partial charge in [-0.2, -0.15) is 0 Å². The molecule has 1 aromatic rings. The molecule has 3 heteroatoms. The van der Waals surface area contributed by atoms with Crippen LogP contribution in [0.1, 0.15) is 24.2 Å². The Balaban J connectivity index is 3.04. The van der Waals surface area contributed by atoms with E-state index in [0.717, 1.165) is 4.47 Å². The van der Waals surface area contributed by atoms with Gasteiger partial charge in [-0.3, -0.25) is 4.79 Å². The first-order valence-electron chi connectivity index (χ1n) is 4.11. The predicted molar refractivity (Wildman–Crippen MR) is 57.7 cm³/mol. The van der Waals surface area contributed by atoms with Crippen molar-refractivity contribution in [2.45, 2.75) is 13.8 Å². The average Bonchev–Trinajstić information content (AvgIpc) is 2.08. The molecule has 0 unspecified atom stereocenters. The Bertz CT molecular complexity index is 334. The molecule has 0 saturated carbocycles. The number of ketones is 1. The lowest BCUT2D eigenvalue weighted by Crippen LogP contribution is -2.07. The van der Waals surface area contributed by atoms with Gasteiger partial charge in [0.05, 0.1) is 0 Å². The standard InChI is InChI=1S/C10H12BrNO/c1-6(2)10(13)7-3-4-8(11)9(12)5-7/h3-6H,12H2,1-2H3. The summed E-state index contributed by atoms with van der Waals surface area (Å²) in [5.41, 5.74) is 6.94. The van der Waals surface area contributed by atoms with Crippen molar-refractivity contribution in [3.8, 4) is 0 Å². The van der Waals surface area contributed by atoms with Crippen LogP contribution in [0.25, 0.3) is 0 Å². The van der Waals surface area contributed by atoms with Gasteiger partial charge in [0.15, 0.2) is 5.78 Å². The molecule has 2 nitrogen and oxygen atoms in total. The summed E-state index contributed by atoms with van der Waals surface area (Å²) < 4.78 is 0.827. The predicted octanol–water partition coefficient (Wildman–Crippen LogP) is 2.87. The number of Topliss-reactive ketones (excluding diaryl/α,β-unsaturated/α-hetero) is 1. The molecule has 1 aromatic carbocycles. The zero-order chi connectivity index (χ0) is 10.0. The monoisotopic (exact) mass is 241 g/mol. The quantitative estimate of drug-likeness (QED) is 0.640. The Hall–Kier alpha value is -0.830. The fraction of sp³-hybridized carbons (Fsp3) is 0.300. The number of nitrogen functional groups attached to an aromatic ring is 1. The summed E-state index contributed by atoms with van der Waals surface area (Å²) in [6, 6.07) is 5.28. The lowest BCUT2D eigenvalue weighted by atomic mass is 10.0. The summed E-state index contributed by atoms with van der Waals surface area (Å²) in [7, 11) is 0. The zero-order valence-corrected chi connectivity index (χ0v) is 9.26. The van der Waals surface area contributed by atoms with Crippen LogP contribution in [0.15, 0.2) is 22.7 Å². The first-order valence-corrected chi connectivity index (χ1v) is 4.91. The molecule has 0 aliphatic rings. The number of anilines is 1. The van der Waals surface area contributed by atoms with Gasteiger partial charge in [0, 0.05) is 21.6 Å². The summed E-state index contributed by atoms with van der Waals surface area (Å²) in [5, 5.41) is 0. The van der Waals surface area contributed by atoms with Gasteiger partial charge in [0.1, 0.15) is 0 Å². The number of carbonyl (C=O) groups excluding carboxylic acids is 1. The number of benzene rings is 1. The topological polar surface area (TPSA) is 43.1 Å². The Morgan fingerprint density at radius 3 is 2.54 bits per heavy atom. The Labute approximate surface area is 86.3 Å². The zero-order valence-electron chi connectivity index (χ0n) is 7.67. The third kappa shape index (κ3) is 2.31. The maximum absolute atomic E-state index is 11.5. The molecule has 0 spiro atoms. The maximum atomic E-state index is 11.5. The van der Waals surface area contributed by atoms with Crippen LogP contribution in [0.2, 0.25) is 0 Å². The van der Waals surface area contributed by atoms with Crippen LogP contribution in [-0.4, -0.2) is 5.78 Å². The molecule has 13 heavy (non-hydrogen) atoms. The van der Waals surface area contributed by atoms with E-state index in [-0.39, 0.29) is 11.7 Å². The number of rotatable bonds is 2. The van der Waals surface area contributed by atoms with Crippen LogP contribution in [0.5, 0.6) is 0 Å². The summed E-state index contributed by atoms with van der Waals surface area (Å²) in [6.07, 6.45) is 0. The Morgan fingerprint density at radius 1 is 1.46 bits per heavy atom. The molecule has 2 N–H and O–H groups in total. The number of nitrogens with two attached hydrogens (primary N) is 1. The Morgan fingerprint density at radius 2 is 2.08 bits per heavy atom. The largest absolute Gasteiger partial charge is 0.398 e. The van der Waals surface area contributed by atoms with Crippen LogP contribution in [-0.2, 0) is 0 Å². The summed E-state index contributed by atoms with van der Waals surface area (Å²) in [5.74, 6) is 0.139. The first kappa shape index (κ1) is 10.3. The Kier molecular flexibility index (Phi) is 3.09. The van der Waals surface area contributed by atoms with Crippen molar-refractivity contribution >= 4 is 27.4 Å². The molecule has 1 rings (SSSR count). The van der Waals surface area contributed by atoms with Crippen molar-refractivity contribution in [1.29, 1.82) is 0 Å². The molecule has 0 aromatic heterocycles. The van der Waals surface area contributed by atoms with Gasteiger partial charge < -0.3 is 5.73 Å². The van der Waals surface area contributed by atoms with E-state index >= 15 is 0 Å². The van der Waals surface area contributed by atoms with E-state index in [1.807, 2.05) is 13.8 Å². The highest BCUT2D eigenvalue weighted by molar-refractivity contribution is 9.10. The normalized spacial score (nSPS) is 10.5. The van der Waals surface area contributed by atoms with E-state index in [9.17, 15) is 4.79 Å². The van der Waals surface area contributed by atoms with E-state index in [1.165, 1.54) is 0 Å². The summed E-state index contributed by atoms with van der Waals surface area (Å²) in [6.45, 7) is 3.75. The highest BCUT2D eigenvalue weighted by Gasteiger charge is 2.10. The lowest BCUT2D eigenvalue weighted by Gasteiger charge is -2.05. The van der Waals surface area contributed by atoms with Crippen molar-refractivity contribution in [2.75, 3.05) is 5.73 Å². The SMILES string of the molecule is CC(C)C(=O)c1ccc(Br)c(N)c1. The number of carbonyl (C=O) groups is 1. The van der Waals surface area contributed by atoms with E-state index in [0.29, 0.717) is 11.3 Å². The molecule has 0 fully saturated rings. The van der Waals surface area contributed by atoms with Gasteiger partial charge in [0.2, 0.25) is 0 Å². The third-order valence-corrected chi connectivity index (χ3v) is 2.53. The average molecular weight is 242 g/mol. The van der Waals surface area contributed by atoms with Gasteiger partial charge in [-0.1, -0.05) is 19.9 Å². The fourth-order valence-corrected chi connectivity index (χ4v) is 1.28. The molecule has 70 valence electrons. The van der Waals surface area contributed by atoms with Crippen molar-refractivity contribution in [2.24, 2.45) is 5.92 Å². The first-order chi connectivity index (χ1) is 6.02. The van der Waals surface area contributed by atoms with Crippen LogP contribution in [0.3, 0.4) is 0 Å². The number of halogens is 1. The van der Waals surface area contributed by atoms with Gasteiger partial charge in [-0.15, -0.1) is 0 Å². The minimum atomic E-state index is 0.0144. The maximum Gasteiger partial charge on any atom is 0.165 e. The number of hydrogen-bond donors (Lipinski definition) is 1. The van der Waals surface area contributed by atoms with Gasteiger partial charge in [-0.05, 0) is 28.1 Å². The smallest absolute Gasteiger partial charge is 0.165 e. The lowest BCUT2D eigenvalue weighted by molar-refractivity contribution is 0.0939. The summed E-state index contributed by atoms with van der Waals surface area (Å²) in [4.78, 5) is 11.5. The molecule has 0 amide bonds. The van der Waals surface area contributed by atoms with Gasteiger partial charge >= 0.3 is 0 Å². The van der Waals surface area contributed by atoms with Crippen molar-refractivity contribution in [3.05, 3.63) is 28.2 Å². The van der Waals surface area contributed by atoms with Crippen LogP contribution >= 0.6 is 15.9 Å². The van der Waals surface area contributed by atoms with Gasteiger partial charge in [-0.25, -0.2) is 0 Å². The molecule has 0 atom stereocenters. The highest BCUT2D eigenvalue weighted by atomic mass is 79.9. The third-order valence-electron chi connectivity index (χ3n) is 1.80. The molecular formula is C10H12BrNO. The van der Waals surface area contributed by atoms with Crippen LogP contribution in [0.4, 0.5) is 5.69 Å². The van der Waals surface area contributed by atoms with Gasteiger partial charge in [0.25, 0.3) is 0 Å². The van der Waals surface area contributed by atoms with Crippen molar-refractivity contribution in [3.63, 3.8) is 0 Å². The molecule has 0 aliphatic heterocycles. The van der Waals surface area contributed by atoms with Crippen LogP contribution in [0, 0.1) is 5.92 Å². The van der Waals surface area contributed by atoms with Crippen molar-refractivity contribution < 1.29 is 4.79 Å². The second-order valence-corrected chi connectivity index (χ2v) is 4.11. The molecular weight excluding hydrogens is 230 g/mol. The second-order valence-electron chi connectivity index (χ2n) is 3.26. The minimum Gasteiger partial charge on any atom is -0.398 e. The van der Waals surface area contributed by atoms with Crippen molar-refractivity contribution in [1.82, 2.24) is 0 Å². The molecule has 0 aliphatic carbocycles. The molecule has 0 heterocycles. The second kappa shape index (κ2) is 3.92. The molecule has 0 saturated heterocycles. The summed E-state index contributed by atoms with van der Waals surface area (Å²) >= 11 is 3.28. The van der Waals surface area contributed by atoms with E-state index in [4.69, 9.17) is 5.73 Å². The highest BCUT2D eigenvalue weighted by Crippen LogP contribution is 2.21. The fourth-order valence-electron chi connectivity index (χ4n) is 1.03. The number of hydrogen-bond acceptors (Lipinski definition) is 2. The van der Waals surface area contributed by atoms with Crippen LogP contribution < -0.4 is 5.73 Å². The molecule has 0 bridgehead atoms.